The molecular weight excluding hydrogens is 268 g/mol. The number of hydrogen-bond acceptors (Lipinski definition) is 5. The van der Waals surface area contributed by atoms with Crippen LogP contribution in [-0.2, 0) is 11.2 Å². The van der Waals surface area contributed by atoms with Gasteiger partial charge in [-0.3, -0.25) is 9.69 Å². The van der Waals surface area contributed by atoms with Crippen LogP contribution < -0.4 is 0 Å². The fourth-order valence-electron chi connectivity index (χ4n) is 2.82. The fourth-order valence-corrected chi connectivity index (χ4v) is 2.82. The van der Waals surface area contributed by atoms with Crippen molar-refractivity contribution in [1.82, 2.24) is 19.9 Å². The predicted octanol–water partition coefficient (Wildman–Crippen LogP) is 1.88. The molecule has 1 aromatic rings. The van der Waals surface area contributed by atoms with Gasteiger partial charge in [-0.05, 0) is 39.3 Å². The van der Waals surface area contributed by atoms with Crippen LogP contribution in [0.2, 0.25) is 0 Å². The molecule has 1 aliphatic heterocycles. The van der Waals surface area contributed by atoms with Crippen molar-refractivity contribution in [3.05, 3.63) is 11.7 Å². The quantitative estimate of drug-likeness (QED) is 0.830. The van der Waals surface area contributed by atoms with E-state index < -0.39 is 0 Å². The summed E-state index contributed by atoms with van der Waals surface area (Å²) >= 11 is 0. The van der Waals surface area contributed by atoms with Crippen LogP contribution in [0.5, 0.6) is 0 Å². The summed E-state index contributed by atoms with van der Waals surface area (Å²) in [6.45, 7) is 6.00. The summed E-state index contributed by atoms with van der Waals surface area (Å²) < 4.78 is 5.37. The summed E-state index contributed by atoms with van der Waals surface area (Å²) in [7, 11) is 3.65. The summed E-state index contributed by atoms with van der Waals surface area (Å²) in [5, 5.41) is 4.01. The van der Waals surface area contributed by atoms with Gasteiger partial charge in [-0.15, -0.1) is 0 Å². The number of piperidine rings is 1. The molecule has 118 valence electrons. The number of amides is 1. The zero-order chi connectivity index (χ0) is 15.4. The first kappa shape index (κ1) is 15.9. The summed E-state index contributed by atoms with van der Waals surface area (Å²) in [6, 6.07) is 0.124. The number of rotatable bonds is 5. The second kappa shape index (κ2) is 7.02. The average Bonchev–Trinajstić information content (AvgIpc) is 2.95. The third kappa shape index (κ3) is 3.81. The van der Waals surface area contributed by atoms with Gasteiger partial charge in [0.15, 0.2) is 5.82 Å². The van der Waals surface area contributed by atoms with Crippen molar-refractivity contribution in [1.29, 1.82) is 0 Å². The first-order chi connectivity index (χ1) is 10.0. The largest absolute Gasteiger partial charge is 0.349 e. The van der Waals surface area contributed by atoms with E-state index >= 15 is 0 Å². The van der Waals surface area contributed by atoms with E-state index in [0.29, 0.717) is 5.89 Å². The lowest BCUT2D eigenvalue weighted by Gasteiger charge is -2.34. The number of carbonyl (C=O) groups is 1. The highest BCUT2D eigenvalue weighted by Gasteiger charge is 2.30. The lowest BCUT2D eigenvalue weighted by atomic mass is 9.94. The molecule has 1 atom stereocenters. The van der Waals surface area contributed by atoms with E-state index in [1.54, 1.807) is 4.90 Å². The molecule has 0 N–H and O–H groups in total. The van der Waals surface area contributed by atoms with Crippen molar-refractivity contribution in [2.24, 2.45) is 5.92 Å². The van der Waals surface area contributed by atoms with Crippen LogP contribution in [-0.4, -0.2) is 53.0 Å². The first-order valence-electron chi connectivity index (χ1n) is 7.80. The van der Waals surface area contributed by atoms with Gasteiger partial charge in [0.05, 0.1) is 6.04 Å². The maximum atomic E-state index is 12.0. The van der Waals surface area contributed by atoms with Crippen molar-refractivity contribution in [3.63, 3.8) is 0 Å². The van der Waals surface area contributed by atoms with Crippen LogP contribution in [0, 0.1) is 5.92 Å². The fraction of sp³-hybridized carbons (Fsp3) is 0.800. The Hall–Kier alpha value is -1.43. The van der Waals surface area contributed by atoms with E-state index in [2.05, 4.69) is 28.9 Å². The van der Waals surface area contributed by atoms with E-state index in [1.165, 1.54) is 0 Å². The predicted molar refractivity (Wildman–Crippen MR) is 79.7 cm³/mol. The molecule has 0 aliphatic carbocycles. The minimum atomic E-state index is 0.124. The minimum Gasteiger partial charge on any atom is -0.349 e. The molecule has 0 spiro atoms. The average molecular weight is 294 g/mol. The number of likely N-dealkylation sites (tertiary alicyclic amines) is 1. The molecule has 6 nitrogen and oxygen atoms in total. The van der Waals surface area contributed by atoms with Gasteiger partial charge in [-0.25, -0.2) is 0 Å². The van der Waals surface area contributed by atoms with Crippen LogP contribution in [0.25, 0.3) is 0 Å². The smallest absolute Gasteiger partial charge is 0.243 e. The number of hydrogen-bond donors (Lipinski definition) is 0. The highest BCUT2D eigenvalue weighted by atomic mass is 16.5. The molecule has 0 aromatic carbocycles. The maximum absolute atomic E-state index is 12.0. The molecule has 0 saturated carbocycles. The van der Waals surface area contributed by atoms with E-state index in [1.807, 2.05) is 14.1 Å². The molecule has 2 rings (SSSR count). The molecule has 1 fully saturated rings. The Bertz CT molecular complexity index is 464. The SMILES string of the molecule is CCCc1noc([C@@H](C)N2CCC(C(=O)N(C)C)CC2)n1. The Kier molecular flexibility index (Phi) is 5.33. The normalized spacial score (nSPS) is 18.7. The molecule has 0 unspecified atom stereocenters. The second-order valence-corrected chi connectivity index (χ2v) is 6.02. The number of nitrogens with zero attached hydrogens (tertiary/aromatic N) is 4. The van der Waals surface area contributed by atoms with Gasteiger partial charge in [0, 0.05) is 26.4 Å². The van der Waals surface area contributed by atoms with E-state index in [9.17, 15) is 4.79 Å². The number of aryl methyl sites for hydroxylation is 1. The summed E-state index contributed by atoms with van der Waals surface area (Å²) in [5.41, 5.74) is 0. The van der Waals surface area contributed by atoms with E-state index in [-0.39, 0.29) is 17.9 Å². The molecule has 1 aliphatic rings. The summed E-state index contributed by atoms with van der Waals surface area (Å²) in [5.74, 6) is 1.87. The highest BCUT2D eigenvalue weighted by molar-refractivity contribution is 5.78. The van der Waals surface area contributed by atoms with Crippen molar-refractivity contribution in [2.45, 2.75) is 45.6 Å². The molecule has 0 radical (unpaired) electrons. The van der Waals surface area contributed by atoms with E-state index in [4.69, 9.17) is 4.52 Å². The van der Waals surface area contributed by atoms with Gasteiger partial charge >= 0.3 is 0 Å². The zero-order valence-electron chi connectivity index (χ0n) is 13.5. The lowest BCUT2D eigenvalue weighted by molar-refractivity contribution is -0.134. The van der Waals surface area contributed by atoms with Crippen LogP contribution in [0.4, 0.5) is 0 Å². The third-order valence-electron chi connectivity index (χ3n) is 4.18. The summed E-state index contributed by atoms with van der Waals surface area (Å²) in [4.78, 5) is 20.5. The highest BCUT2D eigenvalue weighted by Crippen LogP contribution is 2.26. The Morgan fingerprint density at radius 1 is 1.43 bits per heavy atom. The molecule has 21 heavy (non-hydrogen) atoms. The summed E-state index contributed by atoms with van der Waals surface area (Å²) in [6.07, 6.45) is 3.68. The third-order valence-corrected chi connectivity index (χ3v) is 4.18. The van der Waals surface area contributed by atoms with Crippen molar-refractivity contribution in [3.8, 4) is 0 Å². The Labute approximate surface area is 126 Å². The molecule has 6 heteroatoms. The molecular formula is C15H26N4O2. The minimum absolute atomic E-state index is 0.124. The van der Waals surface area contributed by atoms with Crippen LogP contribution >= 0.6 is 0 Å². The topological polar surface area (TPSA) is 62.5 Å². The zero-order valence-corrected chi connectivity index (χ0v) is 13.5. The van der Waals surface area contributed by atoms with Gasteiger partial charge in [0.2, 0.25) is 11.8 Å². The van der Waals surface area contributed by atoms with Gasteiger partial charge < -0.3 is 9.42 Å². The van der Waals surface area contributed by atoms with Crippen molar-refractivity contribution >= 4 is 5.91 Å². The van der Waals surface area contributed by atoms with Crippen LogP contribution in [0.15, 0.2) is 4.52 Å². The van der Waals surface area contributed by atoms with Gasteiger partial charge in [-0.2, -0.15) is 4.98 Å². The maximum Gasteiger partial charge on any atom is 0.243 e. The standard InChI is InChI=1S/C15H26N4O2/c1-5-6-13-16-14(21-17-13)11(2)19-9-7-12(8-10-19)15(20)18(3)4/h11-12H,5-10H2,1-4H3/t11-/m1/s1. The monoisotopic (exact) mass is 294 g/mol. The van der Waals surface area contributed by atoms with Crippen molar-refractivity contribution < 1.29 is 9.32 Å². The number of aromatic nitrogens is 2. The van der Waals surface area contributed by atoms with Crippen LogP contribution in [0.3, 0.4) is 0 Å². The molecule has 1 amide bonds. The van der Waals surface area contributed by atoms with Crippen LogP contribution in [0.1, 0.15) is 50.9 Å². The molecule has 1 saturated heterocycles. The lowest BCUT2D eigenvalue weighted by Crippen LogP contribution is -2.41. The number of carbonyl (C=O) groups excluding carboxylic acids is 1. The molecule has 1 aromatic heterocycles. The van der Waals surface area contributed by atoms with Gasteiger partial charge in [0.1, 0.15) is 0 Å². The molecule has 2 heterocycles. The molecule has 0 bridgehead atoms. The van der Waals surface area contributed by atoms with E-state index in [0.717, 1.165) is 44.6 Å². The van der Waals surface area contributed by atoms with Gasteiger partial charge in [0.25, 0.3) is 0 Å². The Morgan fingerprint density at radius 3 is 2.67 bits per heavy atom. The Balaban J connectivity index is 1.90. The second-order valence-electron chi connectivity index (χ2n) is 6.02. The van der Waals surface area contributed by atoms with Crippen molar-refractivity contribution in [2.75, 3.05) is 27.2 Å². The van der Waals surface area contributed by atoms with Gasteiger partial charge in [-0.1, -0.05) is 12.1 Å². The first-order valence-corrected chi connectivity index (χ1v) is 7.80. The Morgan fingerprint density at radius 2 is 2.10 bits per heavy atom.